The van der Waals surface area contributed by atoms with Crippen molar-refractivity contribution in [1.29, 1.82) is 0 Å². The molecule has 0 radical (unpaired) electrons. The largest absolute Gasteiger partial charge is 0.374 e. The number of amides is 1. The Labute approximate surface area is 62.7 Å². The van der Waals surface area contributed by atoms with Crippen LogP contribution in [0.5, 0.6) is 0 Å². The minimum Gasteiger partial charge on any atom is -0.374 e. The minimum absolute atomic E-state index is 0.0443. The van der Waals surface area contributed by atoms with Gasteiger partial charge in [0, 0.05) is 0 Å². The summed E-state index contributed by atoms with van der Waals surface area (Å²) in [5.41, 5.74) is 0. The first-order chi connectivity index (χ1) is 4.74. The lowest BCUT2D eigenvalue weighted by Gasteiger charge is -1.89. The van der Waals surface area contributed by atoms with Gasteiger partial charge in [0.05, 0.1) is 5.25 Å². The highest BCUT2D eigenvalue weighted by Gasteiger charge is 2.25. The quantitative estimate of drug-likeness (QED) is 0.546. The van der Waals surface area contributed by atoms with Gasteiger partial charge in [-0.25, -0.2) is 4.99 Å². The van der Waals surface area contributed by atoms with Crippen molar-refractivity contribution in [3.63, 3.8) is 0 Å². The van der Waals surface area contributed by atoms with Crippen LogP contribution in [0.3, 0.4) is 0 Å². The number of nitrogens with one attached hydrogen (secondary N) is 1. The number of aliphatic imine (C=N–C) groups is 1. The first kappa shape index (κ1) is 7.56. The van der Waals surface area contributed by atoms with Crippen LogP contribution in [0.15, 0.2) is 4.99 Å². The molecule has 4 nitrogen and oxygen atoms in total. The van der Waals surface area contributed by atoms with E-state index in [1.165, 1.54) is 11.8 Å². The fourth-order valence-electron chi connectivity index (χ4n) is 0.598. The van der Waals surface area contributed by atoms with E-state index in [9.17, 15) is 4.79 Å². The Morgan fingerprint density at radius 2 is 2.60 bits per heavy atom. The van der Waals surface area contributed by atoms with Crippen LogP contribution < -0.4 is 5.32 Å². The van der Waals surface area contributed by atoms with Crippen LogP contribution in [0.2, 0.25) is 0 Å². The van der Waals surface area contributed by atoms with Crippen molar-refractivity contribution in [2.75, 3.05) is 6.73 Å². The van der Waals surface area contributed by atoms with Crippen molar-refractivity contribution in [1.82, 2.24) is 5.32 Å². The molecule has 0 unspecified atom stereocenters. The highest BCUT2D eigenvalue weighted by Crippen LogP contribution is 2.17. The van der Waals surface area contributed by atoms with E-state index in [0.717, 1.165) is 0 Å². The summed E-state index contributed by atoms with van der Waals surface area (Å²) in [6.07, 6.45) is 0. The van der Waals surface area contributed by atoms with E-state index in [2.05, 4.69) is 10.3 Å². The summed E-state index contributed by atoms with van der Waals surface area (Å²) < 4.78 is 0. The zero-order chi connectivity index (χ0) is 7.56. The minimum atomic E-state index is -0.269. The maximum absolute atomic E-state index is 10.8. The van der Waals surface area contributed by atoms with Gasteiger partial charge in [-0.05, 0) is 6.92 Å². The number of nitrogens with zero attached hydrogens (tertiary/aromatic N) is 1. The Kier molecular flexibility index (Phi) is 2.29. The molecule has 0 aromatic rings. The van der Waals surface area contributed by atoms with Gasteiger partial charge in [0.2, 0.25) is 5.91 Å². The summed E-state index contributed by atoms with van der Waals surface area (Å²) in [5, 5.41) is 11.3. The maximum Gasteiger partial charge on any atom is 0.239 e. The van der Waals surface area contributed by atoms with E-state index in [1.807, 2.05) is 0 Å². The predicted molar refractivity (Wildman–Crippen MR) is 39.7 cm³/mol. The molecule has 10 heavy (non-hydrogen) atoms. The molecule has 56 valence electrons. The molecule has 1 fully saturated rings. The van der Waals surface area contributed by atoms with E-state index >= 15 is 0 Å². The fourth-order valence-corrected chi connectivity index (χ4v) is 1.39. The van der Waals surface area contributed by atoms with Crippen LogP contribution in [0, 0.1) is 0 Å². The lowest BCUT2D eigenvalue weighted by molar-refractivity contribution is -0.118. The van der Waals surface area contributed by atoms with Gasteiger partial charge in [0.1, 0.15) is 6.73 Å². The van der Waals surface area contributed by atoms with Crippen molar-refractivity contribution in [3.05, 3.63) is 0 Å². The molecule has 1 aliphatic heterocycles. The topological polar surface area (TPSA) is 61.7 Å². The number of carbonyl (C=O) groups is 1. The van der Waals surface area contributed by atoms with Crippen molar-refractivity contribution in [2.24, 2.45) is 4.99 Å². The van der Waals surface area contributed by atoms with Gasteiger partial charge in [-0.1, -0.05) is 11.8 Å². The van der Waals surface area contributed by atoms with Gasteiger partial charge >= 0.3 is 0 Å². The number of aliphatic hydroxyl groups is 1. The third kappa shape index (κ3) is 1.48. The molecule has 0 aromatic carbocycles. The van der Waals surface area contributed by atoms with Crippen LogP contribution in [-0.2, 0) is 4.79 Å². The number of thioether (sulfide) groups is 1. The molecular weight excluding hydrogens is 152 g/mol. The van der Waals surface area contributed by atoms with Crippen molar-refractivity contribution < 1.29 is 9.90 Å². The Balaban J connectivity index is 2.57. The number of carbonyl (C=O) groups excluding carboxylic acids is 1. The van der Waals surface area contributed by atoms with Crippen molar-refractivity contribution in [2.45, 2.75) is 12.2 Å². The SMILES string of the molecule is C[C@H]1SC(=NCO)NC1=O. The second-order valence-electron chi connectivity index (χ2n) is 1.85. The Morgan fingerprint density at radius 1 is 1.90 bits per heavy atom. The van der Waals surface area contributed by atoms with Crippen LogP contribution in [-0.4, -0.2) is 28.2 Å². The van der Waals surface area contributed by atoms with Gasteiger partial charge in [0.15, 0.2) is 5.17 Å². The number of hydrogen-bond donors (Lipinski definition) is 2. The highest BCUT2D eigenvalue weighted by atomic mass is 32.2. The molecule has 0 spiro atoms. The summed E-state index contributed by atoms with van der Waals surface area (Å²) in [5.74, 6) is -0.0443. The van der Waals surface area contributed by atoms with E-state index in [1.54, 1.807) is 6.92 Å². The van der Waals surface area contributed by atoms with Crippen molar-refractivity contribution in [3.8, 4) is 0 Å². The molecule has 0 aromatic heterocycles. The first-order valence-corrected chi connectivity index (χ1v) is 3.75. The van der Waals surface area contributed by atoms with Crippen molar-refractivity contribution >= 4 is 22.8 Å². The Hall–Kier alpha value is -0.550. The van der Waals surface area contributed by atoms with E-state index in [4.69, 9.17) is 5.11 Å². The van der Waals surface area contributed by atoms with Crippen LogP contribution >= 0.6 is 11.8 Å². The Bertz CT molecular complexity index is 180. The lowest BCUT2D eigenvalue weighted by atomic mass is 10.4. The molecule has 0 aliphatic carbocycles. The lowest BCUT2D eigenvalue weighted by Crippen LogP contribution is -2.23. The first-order valence-electron chi connectivity index (χ1n) is 2.87. The standard InChI is InChI=1S/C5H8N2O2S/c1-3-4(9)7-5(10-3)6-2-8/h3,8H,2H2,1H3,(H,6,7,9)/t3-/m1/s1. The third-order valence-electron chi connectivity index (χ3n) is 1.10. The predicted octanol–water partition coefficient (Wildman–Crippen LogP) is -0.456. The van der Waals surface area contributed by atoms with E-state index in [-0.39, 0.29) is 17.9 Å². The zero-order valence-electron chi connectivity index (χ0n) is 5.50. The second kappa shape index (κ2) is 3.03. The zero-order valence-corrected chi connectivity index (χ0v) is 6.31. The average molecular weight is 160 g/mol. The summed E-state index contributed by atoms with van der Waals surface area (Å²) in [7, 11) is 0. The third-order valence-corrected chi connectivity index (χ3v) is 2.12. The molecular formula is C5H8N2O2S. The van der Waals surface area contributed by atoms with Gasteiger partial charge in [-0.3, -0.25) is 4.79 Å². The second-order valence-corrected chi connectivity index (χ2v) is 3.18. The molecule has 1 amide bonds. The van der Waals surface area contributed by atoms with Gasteiger partial charge in [-0.15, -0.1) is 0 Å². The number of rotatable bonds is 1. The maximum atomic E-state index is 10.8. The average Bonchev–Trinajstić information content (AvgIpc) is 2.14. The molecule has 0 bridgehead atoms. The van der Waals surface area contributed by atoms with Gasteiger partial charge in [0.25, 0.3) is 0 Å². The van der Waals surface area contributed by atoms with Gasteiger partial charge in [-0.2, -0.15) is 0 Å². The molecule has 2 N–H and O–H groups in total. The molecule has 1 saturated heterocycles. The summed E-state index contributed by atoms with van der Waals surface area (Å²) in [6.45, 7) is 1.52. The summed E-state index contributed by atoms with van der Waals surface area (Å²) in [4.78, 5) is 14.4. The van der Waals surface area contributed by atoms with E-state index in [0.29, 0.717) is 5.17 Å². The number of aliphatic hydroxyl groups excluding tert-OH is 1. The molecule has 1 heterocycles. The van der Waals surface area contributed by atoms with Gasteiger partial charge < -0.3 is 10.4 Å². The molecule has 1 atom stereocenters. The van der Waals surface area contributed by atoms with E-state index < -0.39 is 0 Å². The number of amidine groups is 1. The monoisotopic (exact) mass is 160 g/mol. The van der Waals surface area contributed by atoms with Crippen LogP contribution in [0.25, 0.3) is 0 Å². The van der Waals surface area contributed by atoms with Crippen LogP contribution in [0.1, 0.15) is 6.92 Å². The normalized spacial score (nSPS) is 29.2. The summed E-state index contributed by atoms with van der Waals surface area (Å²) in [6, 6.07) is 0. The summed E-state index contributed by atoms with van der Waals surface area (Å²) >= 11 is 1.33. The molecule has 5 heteroatoms. The van der Waals surface area contributed by atoms with Crippen LogP contribution in [0.4, 0.5) is 0 Å². The number of hydrogen-bond acceptors (Lipinski definition) is 4. The fraction of sp³-hybridized carbons (Fsp3) is 0.600. The highest BCUT2D eigenvalue weighted by molar-refractivity contribution is 8.15. The molecule has 0 saturated carbocycles. The smallest absolute Gasteiger partial charge is 0.239 e. The Morgan fingerprint density at radius 3 is 3.00 bits per heavy atom. The molecule has 1 rings (SSSR count). The molecule has 1 aliphatic rings.